The van der Waals surface area contributed by atoms with Gasteiger partial charge in [0.25, 0.3) is 0 Å². The van der Waals surface area contributed by atoms with Crippen LogP contribution in [0, 0.1) is 5.92 Å². The molecule has 5 nitrogen and oxygen atoms in total. The van der Waals surface area contributed by atoms with Crippen LogP contribution in [0.5, 0.6) is 0 Å². The van der Waals surface area contributed by atoms with Crippen LogP contribution in [-0.4, -0.2) is 18.0 Å². The van der Waals surface area contributed by atoms with Crippen molar-refractivity contribution in [1.82, 2.24) is 0 Å². The Balaban J connectivity index is 4.24. The third-order valence-electron chi connectivity index (χ3n) is 1.88. The van der Waals surface area contributed by atoms with Gasteiger partial charge in [-0.3, -0.25) is 0 Å². The van der Waals surface area contributed by atoms with E-state index in [2.05, 4.69) is 0 Å². The lowest BCUT2D eigenvalue weighted by molar-refractivity contribution is -0.322. The molecule has 13 heavy (non-hydrogen) atoms. The van der Waals surface area contributed by atoms with Crippen molar-refractivity contribution in [3.05, 3.63) is 0 Å². The maximum atomic E-state index is 10.5. The molecule has 2 N–H and O–H groups in total. The Hall–Kier alpha value is -1.10. The maximum Gasteiger partial charge on any atom is 0.0588 e. The fourth-order valence-electron chi connectivity index (χ4n) is 1.03. The lowest BCUT2D eigenvalue weighted by Gasteiger charge is -2.25. The van der Waals surface area contributed by atoms with Gasteiger partial charge in [0.2, 0.25) is 0 Å². The first-order valence-electron chi connectivity index (χ1n) is 4.18. The third kappa shape index (κ3) is 3.89. The van der Waals surface area contributed by atoms with E-state index in [1.807, 2.05) is 6.92 Å². The Kier molecular flexibility index (Phi) is 5.06. The van der Waals surface area contributed by atoms with Crippen molar-refractivity contribution in [3.63, 3.8) is 0 Å². The fraction of sp³-hybridized carbons (Fsp3) is 0.750. The Bertz CT molecular complexity index is 193. The highest BCUT2D eigenvalue weighted by atomic mass is 16.4. The van der Waals surface area contributed by atoms with E-state index in [-0.39, 0.29) is 6.42 Å². The van der Waals surface area contributed by atoms with E-state index in [0.717, 1.165) is 6.42 Å². The van der Waals surface area contributed by atoms with Gasteiger partial charge >= 0.3 is 0 Å². The molecule has 0 aliphatic rings. The van der Waals surface area contributed by atoms with E-state index in [4.69, 9.17) is 5.73 Å². The summed E-state index contributed by atoms with van der Waals surface area (Å²) in [4.78, 5) is 20.8. The largest absolute Gasteiger partial charge is 0.550 e. The lowest BCUT2D eigenvalue weighted by atomic mass is 9.95. The van der Waals surface area contributed by atoms with Crippen molar-refractivity contribution in [3.8, 4) is 0 Å². The minimum absolute atomic E-state index is 0.216. The number of aliphatic carboxylic acids is 2. The number of carboxylic acid groups (broad SMARTS) is 2. The number of nitrogens with two attached hydrogens (primary N) is 1. The van der Waals surface area contributed by atoms with Gasteiger partial charge in [-0.15, -0.1) is 0 Å². The summed E-state index contributed by atoms with van der Waals surface area (Å²) in [7, 11) is 0. The SMILES string of the molecule is CCCCC(C(=O)[O-])C(N)C(=O)[O-]. The standard InChI is InChI=1S/C8H15NO4/c1-2-3-4-5(7(10)11)6(9)8(12)13/h5-6H,2-4,9H2,1H3,(H,10,11)(H,12,13)/p-2. The van der Waals surface area contributed by atoms with Gasteiger partial charge in [-0.05, 0) is 6.42 Å². The molecule has 5 heteroatoms. The summed E-state index contributed by atoms with van der Waals surface area (Å²) in [6.45, 7) is 1.87. The number of carbonyl (C=O) groups excluding carboxylic acids is 2. The second kappa shape index (κ2) is 5.53. The quantitative estimate of drug-likeness (QED) is 0.499. The van der Waals surface area contributed by atoms with Gasteiger partial charge in [0.15, 0.2) is 0 Å². The summed E-state index contributed by atoms with van der Waals surface area (Å²) in [6, 6.07) is -1.48. The molecule has 0 spiro atoms. The minimum Gasteiger partial charge on any atom is -0.550 e. The number of hydrogen-bond donors (Lipinski definition) is 1. The van der Waals surface area contributed by atoms with Crippen molar-refractivity contribution >= 4 is 11.9 Å². The Morgan fingerprint density at radius 2 is 1.85 bits per heavy atom. The van der Waals surface area contributed by atoms with Crippen LogP contribution in [0.2, 0.25) is 0 Å². The van der Waals surface area contributed by atoms with E-state index in [0.29, 0.717) is 6.42 Å². The predicted octanol–water partition coefficient (Wildman–Crippen LogP) is -2.38. The second-order valence-electron chi connectivity index (χ2n) is 2.91. The second-order valence-corrected chi connectivity index (χ2v) is 2.91. The molecule has 0 aliphatic heterocycles. The van der Waals surface area contributed by atoms with Crippen LogP contribution < -0.4 is 15.9 Å². The molecule has 76 valence electrons. The molecule has 2 unspecified atom stereocenters. The highest BCUT2D eigenvalue weighted by Gasteiger charge is 2.19. The highest BCUT2D eigenvalue weighted by molar-refractivity contribution is 5.80. The first-order valence-corrected chi connectivity index (χ1v) is 4.18. The summed E-state index contributed by atoms with van der Waals surface area (Å²) in [6.07, 6.45) is 1.61. The van der Waals surface area contributed by atoms with Gasteiger partial charge in [-0.1, -0.05) is 19.8 Å². The molecule has 0 aromatic rings. The third-order valence-corrected chi connectivity index (χ3v) is 1.88. The topological polar surface area (TPSA) is 106 Å². The Morgan fingerprint density at radius 1 is 1.31 bits per heavy atom. The van der Waals surface area contributed by atoms with Crippen LogP contribution in [0.1, 0.15) is 26.2 Å². The number of rotatable bonds is 6. The molecule has 0 radical (unpaired) electrons. The molecular weight excluding hydrogens is 174 g/mol. The van der Waals surface area contributed by atoms with Crippen molar-refractivity contribution in [1.29, 1.82) is 0 Å². The molecule has 0 aliphatic carbocycles. The van der Waals surface area contributed by atoms with Gasteiger partial charge in [-0.2, -0.15) is 0 Å². The fourth-order valence-corrected chi connectivity index (χ4v) is 1.03. The summed E-state index contributed by atoms with van der Waals surface area (Å²) in [5.74, 6) is -4.12. The van der Waals surface area contributed by atoms with Crippen molar-refractivity contribution in [2.24, 2.45) is 11.7 Å². The normalized spacial score (nSPS) is 14.9. The average molecular weight is 187 g/mol. The number of carbonyl (C=O) groups is 2. The van der Waals surface area contributed by atoms with Gasteiger partial charge < -0.3 is 25.5 Å². The summed E-state index contributed by atoms with van der Waals surface area (Å²) in [5.41, 5.74) is 5.12. The lowest BCUT2D eigenvalue weighted by Crippen LogP contribution is -2.52. The molecule has 0 aromatic carbocycles. The first-order chi connectivity index (χ1) is 6.00. The molecule has 0 saturated carbocycles. The van der Waals surface area contributed by atoms with Crippen molar-refractivity contribution in [2.45, 2.75) is 32.2 Å². The van der Waals surface area contributed by atoms with Gasteiger partial charge in [0.1, 0.15) is 0 Å². The van der Waals surface area contributed by atoms with E-state index in [9.17, 15) is 19.8 Å². The number of carboxylic acids is 2. The molecule has 2 atom stereocenters. The van der Waals surface area contributed by atoms with Gasteiger partial charge in [0, 0.05) is 11.9 Å². The number of hydrogen-bond acceptors (Lipinski definition) is 5. The highest BCUT2D eigenvalue weighted by Crippen LogP contribution is 2.10. The van der Waals surface area contributed by atoms with Crippen LogP contribution in [0.15, 0.2) is 0 Å². The number of unbranched alkanes of at least 4 members (excludes halogenated alkanes) is 1. The smallest absolute Gasteiger partial charge is 0.0588 e. The Morgan fingerprint density at radius 3 is 2.15 bits per heavy atom. The van der Waals surface area contributed by atoms with Gasteiger partial charge in [0.05, 0.1) is 12.0 Å². The maximum absolute atomic E-state index is 10.5. The van der Waals surface area contributed by atoms with Crippen molar-refractivity contribution in [2.75, 3.05) is 0 Å². The molecule has 0 fully saturated rings. The van der Waals surface area contributed by atoms with Crippen LogP contribution in [0.25, 0.3) is 0 Å². The molecule has 0 bridgehead atoms. The Labute approximate surface area is 76.5 Å². The van der Waals surface area contributed by atoms with E-state index >= 15 is 0 Å². The molecule has 0 saturated heterocycles. The van der Waals surface area contributed by atoms with Crippen molar-refractivity contribution < 1.29 is 19.8 Å². The minimum atomic E-state index is -1.55. The molecular formula is C8H13NO4-2. The molecule has 0 rings (SSSR count). The van der Waals surface area contributed by atoms with Crippen LogP contribution in [-0.2, 0) is 9.59 Å². The van der Waals surface area contributed by atoms with Gasteiger partial charge in [-0.25, -0.2) is 0 Å². The van der Waals surface area contributed by atoms with Crippen LogP contribution >= 0.6 is 0 Å². The monoisotopic (exact) mass is 187 g/mol. The zero-order valence-electron chi connectivity index (χ0n) is 7.49. The molecule has 0 aromatic heterocycles. The zero-order valence-corrected chi connectivity index (χ0v) is 7.49. The molecule has 0 amide bonds. The van der Waals surface area contributed by atoms with E-state index in [1.165, 1.54) is 0 Å². The summed E-state index contributed by atoms with van der Waals surface area (Å²) < 4.78 is 0. The summed E-state index contributed by atoms with van der Waals surface area (Å²) >= 11 is 0. The zero-order chi connectivity index (χ0) is 10.4. The van der Waals surface area contributed by atoms with Crippen LogP contribution in [0.3, 0.4) is 0 Å². The summed E-state index contributed by atoms with van der Waals surface area (Å²) in [5, 5.41) is 20.8. The van der Waals surface area contributed by atoms with Crippen LogP contribution in [0.4, 0.5) is 0 Å². The molecule has 0 heterocycles. The predicted molar refractivity (Wildman–Crippen MR) is 41.0 cm³/mol. The average Bonchev–Trinajstić information content (AvgIpc) is 2.04. The first kappa shape index (κ1) is 11.9. The van der Waals surface area contributed by atoms with E-state index in [1.54, 1.807) is 0 Å². The van der Waals surface area contributed by atoms with E-state index < -0.39 is 23.9 Å².